The van der Waals surface area contributed by atoms with Crippen LogP contribution < -0.4 is 0 Å². The predicted octanol–water partition coefficient (Wildman–Crippen LogP) is 4.05. The number of ether oxygens (including phenoxy) is 1. The first-order chi connectivity index (χ1) is 11.9. The van der Waals surface area contributed by atoms with Crippen molar-refractivity contribution in [2.24, 2.45) is 10.4 Å². The van der Waals surface area contributed by atoms with Gasteiger partial charge < -0.3 is 9.84 Å². The molecule has 3 nitrogen and oxygen atoms in total. The molecular weight excluding hydrogens is 310 g/mol. The molecule has 0 bridgehead atoms. The van der Waals surface area contributed by atoms with Gasteiger partial charge in [-0.1, -0.05) is 81.4 Å². The standard InChI is InChI=1S/C22H27NO2/c1-21(2,3)20-23-19(16-25-20)22(24,14-17-10-6-4-7-11-17)15-18-12-8-5-9-13-18/h4-13,19,24H,14-16H2,1-3H3. The third kappa shape index (κ3) is 4.29. The summed E-state index contributed by atoms with van der Waals surface area (Å²) in [6, 6.07) is 20.0. The lowest BCUT2D eigenvalue weighted by Crippen LogP contribution is -2.46. The maximum atomic E-state index is 11.6. The maximum Gasteiger partial charge on any atom is 0.189 e. The molecule has 1 heterocycles. The van der Waals surface area contributed by atoms with Gasteiger partial charge in [-0.3, -0.25) is 0 Å². The SMILES string of the molecule is CC(C)(C)C1=NC(C(O)(Cc2ccccc2)Cc2ccccc2)CO1. The van der Waals surface area contributed by atoms with Gasteiger partial charge in [-0.05, 0) is 11.1 Å². The van der Waals surface area contributed by atoms with Gasteiger partial charge in [0, 0.05) is 18.3 Å². The Hall–Kier alpha value is -2.13. The summed E-state index contributed by atoms with van der Waals surface area (Å²) in [5, 5.41) is 11.6. The summed E-state index contributed by atoms with van der Waals surface area (Å²) in [6.45, 7) is 6.69. The molecule has 0 aromatic heterocycles. The Bertz CT molecular complexity index is 675. The van der Waals surface area contributed by atoms with Crippen LogP contribution in [0.3, 0.4) is 0 Å². The third-order valence-electron chi connectivity index (χ3n) is 4.62. The van der Waals surface area contributed by atoms with E-state index in [1.807, 2.05) is 36.4 Å². The summed E-state index contributed by atoms with van der Waals surface area (Å²) in [5.41, 5.74) is 1.10. The van der Waals surface area contributed by atoms with E-state index in [1.165, 1.54) is 0 Å². The predicted molar refractivity (Wildman–Crippen MR) is 102 cm³/mol. The lowest BCUT2D eigenvalue weighted by molar-refractivity contribution is 0.00778. The van der Waals surface area contributed by atoms with Gasteiger partial charge in [0.25, 0.3) is 0 Å². The van der Waals surface area contributed by atoms with Crippen LogP contribution in [0.4, 0.5) is 0 Å². The molecule has 1 unspecified atom stereocenters. The fourth-order valence-electron chi connectivity index (χ4n) is 3.26. The molecule has 3 rings (SSSR count). The largest absolute Gasteiger partial charge is 0.478 e. The van der Waals surface area contributed by atoms with E-state index in [-0.39, 0.29) is 11.5 Å². The van der Waals surface area contributed by atoms with Crippen molar-refractivity contribution in [1.82, 2.24) is 0 Å². The van der Waals surface area contributed by atoms with Gasteiger partial charge >= 0.3 is 0 Å². The Morgan fingerprint density at radius 3 is 1.80 bits per heavy atom. The molecule has 2 aromatic carbocycles. The van der Waals surface area contributed by atoms with E-state index in [2.05, 4.69) is 45.0 Å². The van der Waals surface area contributed by atoms with E-state index in [1.54, 1.807) is 0 Å². The van der Waals surface area contributed by atoms with Gasteiger partial charge in [-0.25, -0.2) is 4.99 Å². The maximum absolute atomic E-state index is 11.6. The van der Waals surface area contributed by atoms with Gasteiger partial charge in [0.1, 0.15) is 12.6 Å². The first-order valence-electron chi connectivity index (χ1n) is 8.88. The summed E-state index contributed by atoms with van der Waals surface area (Å²) in [6.07, 6.45) is 1.11. The molecule has 0 saturated heterocycles. The first kappa shape index (κ1) is 17.7. The summed E-state index contributed by atoms with van der Waals surface area (Å²) >= 11 is 0. The van der Waals surface area contributed by atoms with Crippen molar-refractivity contribution in [2.75, 3.05) is 6.61 Å². The third-order valence-corrected chi connectivity index (χ3v) is 4.62. The Balaban J connectivity index is 1.90. The van der Waals surface area contributed by atoms with E-state index in [0.717, 1.165) is 17.0 Å². The highest BCUT2D eigenvalue weighted by molar-refractivity contribution is 5.83. The normalized spacial score (nSPS) is 17.9. The fraction of sp³-hybridized carbons (Fsp3) is 0.409. The summed E-state index contributed by atoms with van der Waals surface area (Å²) in [5.74, 6) is 0.733. The monoisotopic (exact) mass is 337 g/mol. The molecule has 132 valence electrons. The van der Waals surface area contributed by atoms with Crippen molar-refractivity contribution in [3.8, 4) is 0 Å². The molecule has 2 aromatic rings. The number of aliphatic hydroxyl groups is 1. The molecule has 25 heavy (non-hydrogen) atoms. The van der Waals surface area contributed by atoms with Crippen molar-refractivity contribution >= 4 is 5.90 Å². The molecule has 0 saturated carbocycles. The highest BCUT2D eigenvalue weighted by atomic mass is 16.5. The summed E-state index contributed by atoms with van der Waals surface area (Å²) < 4.78 is 5.84. The average Bonchev–Trinajstić information content (AvgIpc) is 3.08. The van der Waals surface area contributed by atoms with Gasteiger partial charge in [-0.2, -0.15) is 0 Å². The second kappa shape index (κ2) is 7.01. The lowest BCUT2D eigenvalue weighted by Gasteiger charge is -2.32. The molecule has 0 aliphatic carbocycles. The zero-order chi connectivity index (χ0) is 17.9. The Morgan fingerprint density at radius 1 is 0.920 bits per heavy atom. The van der Waals surface area contributed by atoms with Gasteiger partial charge in [-0.15, -0.1) is 0 Å². The summed E-state index contributed by atoms with van der Waals surface area (Å²) in [7, 11) is 0. The number of rotatable bonds is 5. The molecule has 3 heteroatoms. The topological polar surface area (TPSA) is 41.8 Å². The number of benzene rings is 2. The summed E-state index contributed by atoms with van der Waals surface area (Å²) in [4.78, 5) is 4.77. The molecule has 0 amide bonds. The average molecular weight is 337 g/mol. The van der Waals surface area contributed by atoms with Crippen molar-refractivity contribution in [2.45, 2.75) is 45.3 Å². The molecule has 1 atom stereocenters. The minimum absolute atomic E-state index is 0.144. The Morgan fingerprint density at radius 2 is 1.40 bits per heavy atom. The molecule has 0 radical (unpaired) electrons. The van der Waals surface area contributed by atoms with Crippen molar-refractivity contribution in [3.63, 3.8) is 0 Å². The molecule has 1 aliphatic heterocycles. The second-order valence-electron chi connectivity index (χ2n) is 7.94. The minimum Gasteiger partial charge on any atom is -0.478 e. The Kier molecular flexibility index (Phi) is 4.96. The number of aliphatic imine (C=N–C) groups is 1. The zero-order valence-corrected chi connectivity index (χ0v) is 15.3. The van der Waals surface area contributed by atoms with E-state index < -0.39 is 5.60 Å². The van der Waals surface area contributed by atoms with Gasteiger partial charge in [0.05, 0.1) is 5.60 Å². The highest BCUT2D eigenvalue weighted by Gasteiger charge is 2.42. The van der Waals surface area contributed by atoms with Crippen LogP contribution >= 0.6 is 0 Å². The van der Waals surface area contributed by atoms with Crippen molar-refractivity contribution in [1.29, 1.82) is 0 Å². The van der Waals surface area contributed by atoms with E-state index in [0.29, 0.717) is 19.4 Å². The fourth-order valence-corrected chi connectivity index (χ4v) is 3.26. The highest BCUT2D eigenvalue weighted by Crippen LogP contribution is 2.31. The molecular formula is C22H27NO2. The smallest absolute Gasteiger partial charge is 0.189 e. The van der Waals surface area contributed by atoms with E-state index in [4.69, 9.17) is 9.73 Å². The van der Waals surface area contributed by atoms with Crippen LogP contribution in [0.25, 0.3) is 0 Å². The number of hydrogen-bond acceptors (Lipinski definition) is 3. The van der Waals surface area contributed by atoms with Crippen LogP contribution in [-0.2, 0) is 17.6 Å². The molecule has 0 spiro atoms. The molecule has 0 fully saturated rings. The van der Waals surface area contributed by atoms with Crippen LogP contribution in [0.2, 0.25) is 0 Å². The second-order valence-corrected chi connectivity index (χ2v) is 7.94. The van der Waals surface area contributed by atoms with Crippen molar-refractivity contribution in [3.05, 3.63) is 71.8 Å². The van der Waals surface area contributed by atoms with Crippen LogP contribution in [0.1, 0.15) is 31.9 Å². The quantitative estimate of drug-likeness (QED) is 0.894. The first-order valence-corrected chi connectivity index (χ1v) is 8.88. The van der Waals surface area contributed by atoms with Gasteiger partial charge in [0.15, 0.2) is 5.90 Å². The van der Waals surface area contributed by atoms with Crippen LogP contribution in [-0.4, -0.2) is 29.3 Å². The van der Waals surface area contributed by atoms with Gasteiger partial charge in [0.2, 0.25) is 0 Å². The lowest BCUT2D eigenvalue weighted by atomic mass is 9.82. The minimum atomic E-state index is -0.976. The van der Waals surface area contributed by atoms with E-state index >= 15 is 0 Å². The van der Waals surface area contributed by atoms with Crippen LogP contribution in [0.15, 0.2) is 65.7 Å². The molecule has 1 N–H and O–H groups in total. The number of hydrogen-bond donors (Lipinski definition) is 1. The van der Waals surface area contributed by atoms with Crippen molar-refractivity contribution < 1.29 is 9.84 Å². The zero-order valence-electron chi connectivity index (χ0n) is 15.3. The van der Waals surface area contributed by atoms with Crippen LogP contribution in [0, 0.1) is 5.41 Å². The van der Waals surface area contributed by atoms with Crippen LogP contribution in [0.5, 0.6) is 0 Å². The Labute approximate surface area is 150 Å². The molecule has 1 aliphatic rings. The number of nitrogens with zero attached hydrogens (tertiary/aromatic N) is 1. The van der Waals surface area contributed by atoms with E-state index in [9.17, 15) is 5.11 Å².